The molecule has 198 valence electrons. The van der Waals surface area contributed by atoms with E-state index < -0.39 is 5.56 Å². The fraction of sp³-hybridized carbons (Fsp3) is 0.393. The van der Waals surface area contributed by atoms with Gasteiger partial charge in [-0.15, -0.1) is 0 Å². The Morgan fingerprint density at radius 1 is 1.26 bits per heavy atom. The van der Waals surface area contributed by atoms with Gasteiger partial charge in [0, 0.05) is 25.7 Å². The number of carbonyl (C=O) groups is 2. The van der Waals surface area contributed by atoms with E-state index in [0.717, 1.165) is 17.5 Å². The normalized spacial score (nSPS) is 18.7. The summed E-state index contributed by atoms with van der Waals surface area (Å²) < 4.78 is 7.15. The molecule has 0 saturated carbocycles. The molecule has 3 heterocycles. The maximum atomic E-state index is 13.5. The first-order valence-electron chi connectivity index (χ1n) is 12.5. The van der Waals surface area contributed by atoms with Gasteiger partial charge in [-0.25, -0.2) is 0 Å². The summed E-state index contributed by atoms with van der Waals surface area (Å²) in [7, 11) is 1.62. The monoisotopic (exact) mass is 550 g/mol. The van der Waals surface area contributed by atoms with Crippen molar-refractivity contribution in [2.45, 2.75) is 40.2 Å². The molecule has 2 aliphatic rings. The van der Waals surface area contributed by atoms with Crippen LogP contribution in [0.25, 0.3) is 6.08 Å². The van der Waals surface area contributed by atoms with Crippen molar-refractivity contribution >= 4 is 52.1 Å². The molecule has 1 aromatic heterocycles. The lowest BCUT2D eigenvalue weighted by atomic mass is 9.96. The van der Waals surface area contributed by atoms with Crippen molar-refractivity contribution in [1.29, 1.82) is 5.26 Å². The summed E-state index contributed by atoms with van der Waals surface area (Å²) in [5, 5.41) is 9.74. The van der Waals surface area contributed by atoms with Gasteiger partial charge < -0.3 is 9.64 Å². The summed E-state index contributed by atoms with van der Waals surface area (Å²) >= 11 is 6.75. The molecular weight excluding hydrogens is 520 g/mol. The highest BCUT2D eigenvalue weighted by Crippen LogP contribution is 2.37. The van der Waals surface area contributed by atoms with E-state index in [1.54, 1.807) is 31.9 Å². The minimum atomic E-state index is -0.415. The summed E-state index contributed by atoms with van der Waals surface area (Å²) in [6.45, 7) is 7.18. The number of rotatable bonds is 6. The van der Waals surface area contributed by atoms with Crippen LogP contribution in [0.1, 0.15) is 47.6 Å². The van der Waals surface area contributed by atoms with Crippen molar-refractivity contribution in [3.63, 3.8) is 0 Å². The number of esters is 1. The molecule has 10 heteroatoms. The number of thiocarbonyl (C=S) groups is 1. The summed E-state index contributed by atoms with van der Waals surface area (Å²) in [5.41, 5.74) is 2.81. The molecule has 1 atom stereocenters. The van der Waals surface area contributed by atoms with Crippen LogP contribution in [-0.4, -0.2) is 45.4 Å². The number of pyridine rings is 1. The molecule has 0 N–H and O–H groups in total. The first-order valence-corrected chi connectivity index (χ1v) is 13.7. The number of aryl methyl sites for hydroxylation is 1. The number of ether oxygens (including phenoxy) is 1. The maximum absolute atomic E-state index is 13.5. The quantitative estimate of drug-likeness (QED) is 0.302. The topological polar surface area (TPSA) is 95.6 Å². The third-order valence-corrected chi connectivity index (χ3v) is 8.30. The van der Waals surface area contributed by atoms with E-state index in [2.05, 4.69) is 0 Å². The highest BCUT2D eigenvalue weighted by atomic mass is 32.2. The second-order valence-corrected chi connectivity index (χ2v) is 11.2. The molecule has 0 radical (unpaired) electrons. The van der Waals surface area contributed by atoms with Gasteiger partial charge >= 0.3 is 5.97 Å². The van der Waals surface area contributed by atoms with Gasteiger partial charge in [-0.1, -0.05) is 53.8 Å². The molecule has 2 saturated heterocycles. The standard InChI is InChI=1S/C28H30N4O4S2/c1-5-36-27(35)20-7-6-12-31(16-20)24-21(18(3)22(14-29)25(33)30(24)4)13-23-26(34)32(28(37)38-23)15-19-10-8-17(2)9-11-19/h8-11,13,20H,5-7,12,15-16H2,1-4H3. The summed E-state index contributed by atoms with van der Waals surface area (Å²) in [5.74, 6) is -0.230. The smallest absolute Gasteiger partial charge is 0.310 e. The number of nitrogens with zero attached hydrogens (tertiary/aromatic N) is 4. The zero-order chi connectivity index (χ0) is 27.6. The summed E-state index contributed by atoms with van der Waals surface area (Å²) in [4.78, 5) is 43.0. The molecule has 4 rings (SSSR count). The van der Waals surface area contributed by atoms with E-state index in [1.165, 1.54) is 16.3 Å². The van der Waals surface area contributed by atoms with Gasteiger partial charge in [-0.2, -0.15) is 5.26 Å². The predicted octanol–water partition coefficient (Wildman–Crippen LogP) is 4.05. The second kappa shape index (κ2) is 11.5. The van der Waals surface area contributed by atoms with E-state index in [4.69, 9.17) is 17.0 Å². The molecule has 0 aliphatic carbocycles. The van der Waals surface area contributed by atoms with Gasteiger partial charge in [0.25, 0.3) is 11.5 Å². The van der Waals surface area contributed by atoms with E-state index in [0.29, 0.717) is 58.8 Å². The van der Waals surface area contributed by atoms with Crippen LogP contribution in [0, 0.1) is 31.1 Å². The van der Waals surface area contributed by atoms with Crippen molar-refractivity contribution in [2.24, 2.45) is 13.0 Å². The first-order chi connectivity index (χ1) is 18.2. The SMILES string of the molecule is CCOC(=O)C1CCCN(c2c(C=C3SC(=S)N(Cc4ccc(C)cc4)C3=O)c(C)c(C#N)c(=O)n2C)C1. The Labute approximate surface area is 231 Å². The fourth-order valence-corrected chi connectivity index (χ4v) is 6.10. The number of piperidine rings is 1. The average molecular weight is 551 g/mol. The zero-order valence-electron chi connectivity index (χ0n) is 21.9. The van der Waals surface area contributed by atoms with Crippen LogP contribution in [0.4, 0.5) is 5.82 Å². The molecule has 2 aromatic rings. The third kappa shape index (κ3) is 5.40. The third-order valence-electron chi connectivity index (χ3n) is 6.92. The largest absolute Gasteiger partial charge is 0.466 e. The Morgan fingerprint density at radius 3 is 2.63 bits per heavy atom. The number of hydrogen-bond acceptors (Lipinski definition) is 8. The Bertz CT molecular complexity index is 1420. The summed E-state index contributed by atoms with van der Waals surface area (Å²) in [6, 6.07) is 9.96. The Balaban J connectivity index is 1.75. The molecule has 1 amide bonds. The fourth-order valence-electron chi connectivity index (χ4n) is 4.86. The van der Waals surface area contributed by atoms with Crippen LogP contribution in [-0.2, 0) is 27.9 Å². The van der Waals surface area contributed by atoms with Crippen LogP contribution in [0.2, 0.25) is 0 Å². The van der Waals surface area contributed by atoms with Crippen molar-refractivity contribution in [3.8, 4) is 6.07 Å². The molecule has 0 bridgehead atoms. The lowest BCUT2D eigenvalue weighted by molar-refractivity contribution is -0.148. The van der Waals surface area contributed by atoms with Gasteiger partial charge in [-0.3, -0.25) is 23.9 Å². The van der Waals surface area contributed by atoms with E-state index >= 15 is 0 Å². The second-order valence-electron chi connectivity index (χ2n) is 9.50. The minimum Gasteiger partial charge on any atom is -0.466 e. The highest BCUT2D eigenvalue weighted by Gasteiger charge is 2.34. The number of benzene rings is 1. The molecule has 1 aromatic carbocycles. The number of nitriles is 1. The maximum Gasteiger partial charge on any atom is 0.310 e. The Morgan fingerprint density at radius 2 is 1.97 bits per heavy atom. The number of anilines is 1. The Hall–Kier alpha value is -3.42. The van der Waals surface area contributed by atoms with Gasteiger partial charge in [0.2, 0.25) is 0 Å². The van der Waals surface area contributed by atoms with E-state index in [-0.39, 0.29) is 23.4 Å². The molecule has 2 aliphatic heterocycles. The molecule has 2 fully saturated rings. The van der Waals surface area contributed by atoms with Crippen LogP contribution in [0.15, 0.2) is 34.0 Å². The summed E-state index contributed by atoms with van der Waals surface area (Å²) in [6.07, 6.45) is 3.17. The zero-order valence-corrected chi connectivity index (χ0v) is 23.6. The van der Waals surface area contributed by atoms with Gasteiger partial charge in [-0.05, 0) is 50.8 Å². The molecular formula is C28H30N4O4S2. The van der Waals surface area contributed by atoms with Crippen molar-refractivity contribution in [1.82, 2.24) is 9.47 Å². The van der Waals surface area contributed by atoms with E-state index in [1.807, 2.05) is 42.2 Å². The van der Waals surface area contributed by atoms with Crippen LogP contribution in [0.3, 0.4) is 0 Å². The molecule has 38 heavy (non-hydrogen) atoms. The molecule has 0 spiro atoms. The van der Waals surface area contributed by atoms with Crippen LogP contribution >= 0.6 is 24.0 Å². The number of amides is 1. The highest BCUT2D eigenvalue weighted by molar-refractivity contribution is 8.26. The molecule has 1 unspecified atom stereocenters. The predicted molar refractivity (Wildman–Crippen MR) is 153 cm³/mol. The number of carbonyl (C=O) groups excluding carboxylic acids is 2. The van der Waals surface area contributed by atoms with Crippen LogP contribution < -0.4 is 10.5 Å². The van der Waals surface area contributed by atoms with Gasteiger partial charge in [0.05, 0.1) is 24.0 Å². The minimum absolute atomic E-state index is 0.0246. The Kier molecular flexibility index (Phi) is 8.38. The van der Waals surface area contributed by atoms with Crippen molar-refractivity contribution < 1.29 is 14.3 Å². The number of hydrogen-bond donors (Lipinski definition) is 0. The number of thioether (sulfide) groups is 1. The lowest BCUT2D eigenvalue weighted by Crippen LogP contribution is -2.42. The van der Waals surface area contributed by atoms with E-state index in [9.17, 15) is 19.6 Å². The van der Waals surface area contributed by atoms with Gasteiger partial charge in [0.1, 0.15) is 21.8 Å². The average Bonchev–Trinajstić information content (AvgIpc) is 3.16. The number of aromatic nitrogens is 1. The van der Waals surface area contributed by atoms with Crippen molar-refractivity contribution in [3.05, 3.63) is 67.3 Å². The van der Waals surface area contributed by atoms with Gasteiger partial charge in [0.15, 0.2) is 0 Å². The lowest BCUT2D eigenvalue weighted by Gasteiger charge is -2.35. The van der Waals surface area contributed by atoms with Crippen LogP contribution in [0.5, 0.6) is 0 Å². The molecule has 8 nitrogen and oxygen atoms in total. The first kappa shape index (κ1) is 27.6. The van der Waals surface area contributed by atoms with Crippen molar-refractivity contribution in [2.75, 3.05) is 24.6 Å².